The highest BCUT2D eigenvalue weighted by molar-refractivity contribution is 6.33. The summed E-state index contributed by atoms with van der Waals surface area (Å²) in [6.45, 7) is 5.25. The molecule has 0 spiro atoms. The number of amides is 1. The van der Waals surface area contributed by atoms with Crippen molar-refractivity contribution in [1.29, 1.82) is 0 Å². The fourth-order valence-electron chi connectivity index (χ4n) is 2.70. The van der Waals surface area contributed by atoms with Gasteiger partial charge in [-0.3, -0.25) is 10.1 Å². The SMILES string of the molecule is CC(C)(C)OC(=O)Nc1cc(C2(C(=O)O)CC(N)C2)ccc1Cl. The summed E-state index contributed by atoms with van der Waals surface area (Å²) in [4.78, 5) is 23.5. The van der Waals surface area contributed by atoms with E-state index in [0.717, 1.165) is 0 Å². The predicted octanol–water partition coefficient (Wildman–Crippen LogP) is 3.13. The van der Waals surface area contributed by atoms with Gasteiger partial charge in [0.2, 0.25) is 0 Å². The average Bonchev–Trinajstić information content (AvgIpc) is 2.35. The van der Waals surface area contributed by atoms with Crippen LogP contribution in [0.3, 0.4) is 0 Å². The van der Waals surface area contributed by atoms with Gasteiger partial charge in [-0.2, -0.15) is 0 Å². The van der Waals surface area contributed by atoms with Crippen molar-refractivity contribution in [1.82, 2.24) is 0 Å². The summed E-state index contributed by atoms with van der Waals surface area (Å²) in [5, 5.41) is 12.4. The highest BCUT2D eigenvalue weighted by atomic mass is 35.5. The Balaban J connectivity index is 2.26. The molecule has 0 atom stereocenters. The number of nitrogens with two attached hydrogens (primary N) is 1. The van der Waals surface area contributed by atoms with Crippen molar-refractivity contribution in [3.8, 4) is 0 Å². The first kappa shape index (κ1) is 17.6. The van der Waals surface area contributed by atoms with Crippen molar-refractivity contribution in [3.63, 3.8) is 0 Å². The maximum absolute atomic E-state index is 11.9. The van der Waals surface area contributed by atoms with Gasteiger partial charge in [0.05, 0.1) is 16.1 Å². The van der Waals surface area contributed by atoms with Gasteiger partial charge >= 0.3 is 12.1 Å². The maximum Gasteiger partial charge on any atom is 0.412 e. The van der Waals surface area contributed by atoms with E-state index in [4.69, 9.17) is 22.1 Å². The number of rotatable bonds is 3. The van der Waals surface area contributed by atoms with E-state index < -0.39 is 23.1 Å². The standard InChI is InChI=1S/C16H21ClN2O4/c1-15(2,3)23-14(22)19-12-6-9(4-5-11(12)17)16(13(20)21)7-10(18)8-16/h4-6,10H,7-8,18H2,1-3H3,(H,19,22)(H,20,21). The Kier molecular flexibility index (Phi) is 4.59. The lowest BCUT2D eigenvalue weighted by Gasteiger charge is -2.43. The molecule has 0 radical (unpaired) electrons. The summed E-state index contributed by atoms with van der Waals surface area (Å²) < 4.78 is 5.18. The topological polar surface area (TPSA) is 102 Å². The summed E-state index contributed by atoms with van der Waals surface area (Å²) in [5.74, 6) is -0.926. The lowest BCUT2D eigenvalue weighted by Crippen LogP contribution is -2.54. The van der Waals surface area contributed by atoms with Crippen LogP contribution in [0.2, 0.25) is 5.02 Å². The van der Waals surface area contributed by atoms with Crippen LogP contribution in [0.25, 0.3) is 0 Å². The smallest absolute Gasteiger partial charge is 0.412 e. The second-order valence-corrected chi connectivity index (χ2v) is 7.28. The Morgan fingerprint density at radius 1 is 1.39 bits per heavy atom. The van der Waals surface area contributed by atoms with Crippen molar-refractivity contribution in [3.05, 3.63) is 28.8 Å². The molecule has 2 rings (SSSR count). The zero-order chi connectivity index (χ0) is 17.4. The van der Waals surface area contributed by atoms with Crippen molar-refractivity contribution in [2.24, 2.45) is 5.73 Å². The highest BCUT2D eigenvalue weighted by Crippen LogP contribution is 2.44. The summed E-state index contributed by atoms with van der Waals surface area (Å²) in [5.41, 5.74) is 5.00. The van der Waals surface area contributed by atoms with E-state index in [1.807, 2.05) is 0 Å². The Morgan fingerprint density at radius 3 is 2.48 bits per heavy atom. The van der Waals surface area contributed by atoms with Crippen LogP contribution in [-0.2, 0) is 14.9 Å². The van der Waals surface area contributed by atoms with Gasteiger partial charge in [-0.05, 0) is 51.3 Å². The second-order valence-electron chi connectivity index (χ2n) is 6.88. The fraction of sp³-hybridized carbons (Fsp3) is 0.500. The maximum atomic E-state index is 11.9. The Labute approximate surface area is 139 Å². The van der Waals surface area contributed by atoms with Crippen molar-refractivity contribution in [2.45, 2.75) is 50.7 Å². The number of halogens is 1. The molecule has 0 aliphatic heterocycles. The minimum atomic E-state index is -1.02. The van der Waals surface area contributed by atoms with Crippen LogP contribution in [0.5, 0.6) is 0 Å². The number of carbonyl (C=O) groups excluding carboxylic acids is 1. The number of carboxylic acid groups (broad SMARTS) is 1. The van der Waals surface area contributed by atoms with Crippen LogP contribution >= 0.6 is 11.6 Å². The third-order valence-corrected chi connectivity index (χ3v) is 4.11. The molecule has 1 fully saturated rings. The van der Waals surface area contributed by atoms with Gasteiger partial charge in [-0.15, -0.1) is 0 Å². The van der Waals surface area contributed by atoms with Crippen LogP contribution in [0.1, 0.15) is 39.2 Å². The molecule has 126 valence electrons. The molecule has 1 aliphatic rings. The molecule has 0 bridgehead atoms. The van der Waals surface area contributed by atoms with E-state index in [-0.39, 0.29) is 6.04 Å². The predicted molar refractivity (Wildman–Crippen MR) is 87.8 cm³/mol. The third-order valence-electron chi connectivity index (χ3n) is 3.79. The molecule has 0 saturated heterocycles. The summed E-state index contributed by atoms with van der Waals surface area (Å²) in [7, 11) is 0. The van der Waals surface area contributed by atoms with Crippen LogP contribution in [0, 0.1) is 0 Å². The van der Waals surface area contributed by atoms with Crippen LogP contribution in [0.15, 0.2) is 18.2 Å². The first-order valence-electron chi connectivity index (χ1n) is 7.32. The highest BCUT2D eigenvalue weighted by Gasteiger charge is 2.50. The van der Waals surface area contributed by atoms with Gasteiger partial charge in [0, 0.05) is 6.04 Å². The first-order chi connectivity index (χ1) is 10.5. The van der Waals surface area contributed by atoms with Crippen LogP contribution < -0.4 is 11.1 Å². The van der Waals surface area contributed by atoms with Gasteiger partial charge in [0.15, 0.2) is 0 Å². The van der Waals surface area contributed by atoms with Crippen molar-refractivity contribution < 1.29 is 19.4 Å². The number of carbonyl (C=O) groups is 2. The number of hydrogen-bond acceptors (Lipinski definition) is 4. The number of aliphatic carboxylic acids is 1. The number of carboxylic acids is 1. The lowest BCUT2D eigenvalue weighted by molar-refractivity contribution is -0.148. The monoisotopic (exact) mass is 340 g/mol. The van der Waals surface area contributed by atoms with Gasteiger partial charge < -0.3 is 15.6 Å². The van der Waals surface area contributed by atoms with E-state index in [9.17, 15) is 14.7 Å². The minimum absolute atomic E-state index is 0.135. The van der Waals surface area contributed by atoms with E-state index in [2.05, 4.69) is 5.32 Å². The molecule has 1 saturated carbocycles. The molecular formula is C16H21ClN2O4. The molecule has 0 aromatic heterocycles. The molecule has 23 heavy (non-hydrogen) atoms. The number of benzene rings is 1. The molecule has 1 aromatic rings. The normalized spacial score (nSPS) is 23.8. The Morgan fingerprint density at radius 2 is 2.00 bits per heavy atom. The Hall–Kier alpha value is -1.79. The quantitative estimate of drug-likeness (QED) is 0.784. The zero-order valence-corrected chi connectivity index (χ0v) is 14.1. The van der Waals surface area contributed by atoms with E-state index in [1.165, 1.54) is 0 Å². The molecule has 1 aromatic carbocycles. The molecular weight excluding hydrogens is 320 g/mol. The van der Waals surface area contributed by atoms with Crippen molar-refractivity contribution >= 4 is 29.4 Å². The van der Waals surface area contributed by atoms with Gasteiger partial charge in [0.1, 0.15) is 5.60 Å². The Bertz CT molecular complexity index is 633. The van der Waals surface area contributed by atoms with E-state index in [0.29, 0.717) is 29.1 Å². The number of nitrogens with one attached hydrogen (secondary N) is 1. The van der Waals surface area contributed by atoms with Gasteiger partial charge in [-0.1, -0.05) is 17.7 Å². The number of ether oxygens (including phenoxy) is 1. The third kappa shape index (κ3) is 3.76. The largest absolute Gasteiger partial charge is 0.481 e. The molecule has 6 nitrogen and oxygen atoms in total. The first-order valence-corrected chi connectivity index (χ1v) is 7.70. The molecule has 0 unspecified atom stereocenters. The molecule has 7 heteroatoms. The number of anilines is 1. The summed E-state index contributed by atoms with van der Waals surface area (Å²) in [6.07, 6.45) is 0.0670. The van der Waals surface area contributed by atoms with Gasteiger partial charge in [0.25, 0.3) is 0 Å². The molecule has 1 amide bonds. The molecule has 0 heterocycles. The minimum Gasteiger partial charge on any atom is -0.481 e. The average molecular weight is 341 g/mol. The van der Waals surface area contributed by atoms with Crippen LogP contribution in [0.4, 0.5) is 10.5 Å². The van der Waals surface area contributed by atoms with Gasteiger partial charge in [-0.25, -0.2) is 4.79 Å². The van der Waals surface area contributed by atoms with E-state index in [1.54, 1.807) is 39.0 Å². The summed E-state index contributed by atoms with van der Waals surface area (Å²) >= 11 is 6.09. The molecule has 4 N–H and O–H groups in total. The lowest BCUT2D eigenvalue weighted by atomic mass is 9.62. The summed E-state index contributed by atoms with van der Waals surface area (Å²) in [6, 6.07) is 4.66. The van der Waals surface area contributed by atoms with Crippen LogP contribution in [-0.4, -0.2) is 28.8 Å². The number of hydrogen-bond donors (Lipinski definition) is 3. The second kappa shape index (κ2) is 6.02. The van der Waals surface area contributed by atoms with E-state index >= 15 is 0 Å². The molecule has 1 aliphatic carbocycles. The fourth-order valence-corrected chi connectivity index (χ4v) is 2.87. The van der Waals surface area contributed by atoms with Crippen molar-refractivity contribution in [2.75, 3.05) is 5.32 Å². The zero-order valence-electron chi connectivity index (χ0n) is 13.4.